The number of fused-ring (bicyclic) bond motifs is 4. The molecule has 0 amide bonds. The largest absolute Gasteiger partial charge is 0.456 e. The van der Waals surface area contributed by atoms with Crippen molar-refractivity contribution in [2.24, 2.45) is 0 Å². The van der Waals surface area contributed by atoms with Crippen molar-refractivity contribution in [3.63, 3.8) is 0 Å². The maximum atomic E-state index is 6.42. The molecular weight excluding hydrogens is 655 g/mol. The van der Waals surface area contributed by atoms with Gasteiger partial charge < -0.3 is 9.32 Å². The Bertz CT molecular complexity index is 2920. The number of para-hydroxylation sites is 3. The molecule has 2 nitrogen and oxygen atoms in total. The van der Waals surface area contributed by atoms with Crippen LogP contribution in [0.2, 0.25) is 0 Å². The molecule has 9 aromatic carbocycles. The van der Waals surface area contributed by atoms with E-state index >= 15 is 0 Å². The van der Waals surface area contributed by atoms with E-state index in [2.05, 4.69) is 217 Å². The molecule has 254 valence electrons. The summed E-state index contributed by atoms with van der Waals surface area (Å²) in [4.78, 5) is 2.45. The van der Waals surface area contributed by atoms with Crippen molar-refractivity contribution in [1.29, 1.82) is 0 Å². The molecule has 1 heterocycles. The van der Waals surface area contributed by atoms with E-state index in [4.69, 9.17) is 4.42 Å². The molecule has 2 heteroatoms. The fraction of sp³-hybridized carbons (Fsp3) is 0. The third kappa shape index (κ3) is 5.62. The van der Waals surface area contributed by atoms with E-state index in [1.807, 2.05) is 0 Å². The van der Waals surface area contributed by atoms with E-state index in [9.17, 15) is 0 Å². The summed E-state index contributed by atoms with van der Waals surface area (Å²) in [5.41, 5.74) is 14.4. The molecule has 0 spiro atoms. The van der Waals surface area contributed by atoms with Crippen molar-refractivity contribution in [2.75, 3.05) is 4.90 Å². The minimum atomic E-state index is 0.886. The van der Waals surface area contributed by atoms with Gasteiger partial charge in [0.25, 0.3) is 0 Å². The number of hydrogen-bond acceptors (Lipinski definition) is 2. The first-order chi connectivity index (χ1) is 26.8. The molecule has 0 N–H and O–H groups in total. The van der Waals surface area contributed by atoms with Crippen LogP contribution in [0.4, 0.5) is 17.1 Å². The third-order valence-corrected chi connectivity index (χ3v) is 10.5. The zero-order valence-corrected chi connectivity index (χ0v) is 29.6. The number of benzene rings is 9. The molecule has 0 atom stereocenters. The molecular formula is C52H35NO. The lowest BCUT2D eigenvalue weighted by molar-refractivity contribution is 0.669. The molecule has 0 bridgehead atoms. The van der Waals surface area contributed by atoms with E-state index in [1.54, 1.807) is 0 Å². The Kier molecular flexibility index (Phi) is 7.85. The van der Waals surface area contributed by atoms with E-state index in [-0.39, 0.29) is 0 Å². The average Bonchev–Trinajstić information content (AvgIpc) is 3.61. The highest BCUT2D eigenvalue weighted by Gasteiger charge is 2.23. The van der Waals surface area contributed by atoms with E-state index in [0.29, 0.717) is 0 Å². The van der Waals surface area contributed by atoms with Crippen molar-refractivity contribution in [1.82, 2.24) is 0 Å². The lowest BCUT2D eigenvalue weighted by atomic mass is 9.95. The molecule has 0 aliphatic carbocycles. The Labute approximate surface area is 314 Å². The third-order valence-electron chi connectivity index (χ3n) is 10.5. The fourth-order valence-corrected chi connectivity index (χ4v) is 7.85. The Morgan fingerprint density at radius 3 is 1.30 bits per heavy atom. The first-order valence-corrected chi connectivity index (χ1v) is 18.4. The van der Waals surface area contributed by atoms with Crippen LogP contribution in [0.15, 0.2) is 217 Å². The summed E-state index contributed by atoms with van der Waals surface area (Å²) in [5, 5.41) is 4.61. The molecule has 54 heavy (non-hydrogen) atoms. The van der Waals surface area contributed by atoms with Gasteiger partial charge in [0.05, 0.1) is 17.1 Å². The van der Waals surface area contributed by atoms with Crippen LogP contribution in [-0.2, 0) is 0 Å². The van der Waals surface area contributed by atoms with Gasteiger partial charge in [-0.25, -0.2) is 0 Å². The molecule has 0 unspecified atom stereocenters. The number of hydrogen-bond donors (Lipinski definition) is 0. The minimum Gasteiger partial charge on any atom is -0.456 e. The van der Waals surface area contributed by atoms with E-state index in [1.165, 1.54) is 27.5 Å². The first kappa shape index (κ1) is 31.6. The molecule has 1 aromatic heterocycles. The molecule has 0 saturated heterocycles. The van der Waals surface area contributed by atoms with E-state index < -0.39 is 0 Å². The number of furan rings is 1. The van der Waals surface area contributed by atoms with Gasteiger partial charge in [0.1, 0.15) is 11.2 Å². The van der Waals surface area contributed by atoms with Crippen LogP contribution in [-0.4, -0.2) is 0 Å². The summed E-state index contributed by atoms with van der Waals surface area (Å²) >= 11 is 0. The lowest BCUT2D eigenvalue weighted by Crippen LogP contribution is -2.13. The number of nitrogens with zero attached hydrogens (tertiary/aromatic N) is 1. The molecule has 10 aromatic rings. The summed E-state index contributed by atoms with van der Waals surface area (Å²) in [7, 11) is 0. The molecule has 0 aliphatic heterocycles. The highest BCUT2D eigenvalue weighted by molar-refractivity contribution is 6.11. The minimum absolute atomic E-state index is 0.886. The second-order valence-corrected chi connectivity index (χ2v) is 13.7. The maximum absolute atomic E-state index is 6.42. The number of anilines is 3. The van der Waals surface area contributed by atoms with Gasteiger partial charge in [0.15, 0.2) is 0 Å². The Hall–Kier alpha value is -7.16. The van der Waals surface area contributed by atoms with Gasteiger partial charge in [-0.3, -0.25) is 0 Å². The topological polar surface area (TPSA) is 16.4 Å². The fourth-order valence-electron chi connectivity index (χ4n) is 7.85. The van der Waals surface area contributed by atoms with Crippen molar-refractivity contribution in [3.05, 3.63) is 212 Å². The van der Waals surface area contributed by atoms with Gasteiger partial charge in [-0.2, -0.15) is 0 Å². The zero-order chi connectivity index (χ0) is 35.8. The average molecular weight is 690 g/mol. The zero-order valence-electron chi connectivity index (χ0n) is 29.6. The Morgan fingerprint density at radius 2 is 0.685 bits per heavy atom. The smallest absolute Gasteiger partial charge is 0.136 e. The standard InChI is InChI=1S/C52H35NO/c1-3-15-36(16-4-1)37-27-29-39(30-28-37)44-22-10-13-25-49(44)53(48-24-12-9-21-43(48)38-17-5-2-6-18-38)50-26-14-11-23-45(50)42-31-32-51-46(34-42)47-33-40-19-7-8-20-41(40)35-52(47)54-51/h1-35H. The van der Waals surface area contributed by atoms with Gasteiger partial charge >= 0.3 is 0 Å². The second kappa shape index (κ2) is 13.4. The Morgan fingerprint density at radius 1 is 0.278 bits per heavy atom. The van der Waals surface area contributed by atoms with Crippen LogP contribution in [0, 0.1) is 0 Å². The molecule has 0 fully saturated rings. The van der Waals surface area contributed by atoms with Crippen LogP contribution in [0.3, 0.4) is 0 Å². The van der Waals surface area contributed by atoms with Crippen molar-refractivity contribution in [2.45, 2.75) is 0 Å². The summed E-state index contributed by atoms with van der Waals surface area (Å²) in [6.45, 7) is 0. The monoisotopic (exact) mass is 689 g/mol. The van der Waals surface area contributed by atoms with Gasteiger partial charge in [0, 0.05) is 27.5 Å². The highest BCUT2D eigenvalue weighted by atomic mass is 16.3. The van der Waals surface area contributed by atoms with Crippen LogP contribution in [0.1, 0.15) is 0 Å². The van der Waals surface area contributed by atoms with Crippen molar-refractivity contribution in [3.8, 4) is 44.5 Å². The van der Waals surface area contributed by atoms with Gasteiger partial charge in [-0.15, -0.1) is 0 Å². The van der Waals surface area contributed by atoms with Gasteiger partial charge in [-0.1, -0.05) is 170 Å². The quantitative estimate of drug-likeness (QED) is 0.166. The van der Waals surface area contributed by atoms with Crippen LogP contribution >= 0.6 is 0 Å². The molecule has 0 aliphatic rings. The summed E-state index contributed by atoms with van der Waals surface area (Å²) in [5.74, 6) is 0. The summed E-state index contributed by atoms with van der Waals surface area (Å²) < 4.78 is 6.42. The van der Waals surface area contributed by atoms with Crippen molar-refractivity contribution >= 4 is 49.8 Å². The predicted octanol–water partition coefficient (Wildman–Crippen LogP) is 14.9. The predicted molar refractivity (Wildman–Crippen MR) is 228 cm³/mol. The normalized spacial score (nSPS) is 11.3. The van der Waals surface area contributed by atoms with Crippen LogP contribution in [0.25, 0.3) is 77.2 Å². The number of rotatable bonds is 7. The maximum Gasteiger partial charge on any atom is 0.136 e. The molecule has 10 rings (SSSR count). The van der Waals surface area contributed by atoms with Gasteiger partial charge in [-0.05, 0) is 81.1 Å². The summed E-state index contributed by atoms with van der Waals surface area (Å²) in [6.07, 6.45) is 0. The second-order valence-electron chi connectivity index (χ2n) is 13.7. The Balaban J connectivity index is 1.18. The first-order valence-electron chi connectivity index (χ1n) is 18.4. The molecule has 0 radical (unpaired) electrons. The van der Waals surface area contributed by atoms with Gasteiger partial charge in [0.2, 0.25) is 0 Å². The lowest BCUT2D eigenvalue weighted by Gasteiger charge is -2.31. The molecule has 0 saturated carbocycles. The van der Waals surface area contributed by atoms with Crippen LogP contribution < -0.4 is 4.90 Å². The SMILES string of the molecule is c1ccc(-c2ccc(-c3ccccc3N(c3ccccc3-c3ccccc3)c3ccccc3-c3ccc4oc5cc6ccccc6cc5c4c3)cc2)cc1. The highest BCUT2D eigenvalue weighted by Crippen LogP contribution is 2.48. The van der Waals surface area contributed by atoms with Crippen LogP contribution in [0.5, 0.6) is 0 Å². The van der Waals surface area contributed by atoms with E-state index in [0.717, 1.165) is 66.8 Å². The summed E-state index contributed by atoms with van der Waals surface area (Å²) in [6, 6.07) is 76.0. The van der Waals surface area contributed by atoms with Crippen molar-refractivity contribution < 1.29 is 4.42 Å².